The standard InChI is InChI=1S/C12H15F3N2O2/c1-2-9(16)11(18)17-7-8-5-3-4-6-10(8)19-12(13,14)15/h3-6,9H,2,7,16H2,1H3,(H,17,18)/t9-/m1/s1. The fraction of sp³-hybridized carbons (Fsp3) is 0.417. The lowest BCUT2D eigenvalue weighted by atomic mass is 10.2. The molecule has 1 aromatic carbocycles. The third-order valence-corrected chi connectivity index (χ3v) is 2.43. The molecule has 7 heteroatoms. The van der Waals surface area contributed by atoms with E-state index in [1.54, 1.807) is 13.0 Å². The zero-order chi connectivity index (χ0) is 14.5. The summed E-state index contributed by atoms with van der Waals surface area (Å²) in [6.45, 7) is 1.67. The van der Waals surface area contributed by atoms with Crippen LogP contribution in [0.1, 0.15) is 18.9 Å². The Labute approximate surface area is 108 Å². The van der Waals surface area contributed by atoms with Crippen LogP contribution in [0.5, 0.6) is 5.75 Å². The Kier molecular flexibility index (Phi) is 5.17. The summed E-state index contributed by atoms with van der Waals surface area (Å²) in [5.41, 5.74) is 5.73. The molecule has 4 nitrogen and oxygen atoms in total. The second kappa shape index (κ2) is 6.42. The predicted molar refractivity (Wildman–Crippen MR) is 63.2 cm³/mol. The van der Waals surface area contributed by atoms with E-state index in [1.165, 1.54) is 18.2 Å². The summed E-state index contributed by atoms with van der Waals surface area (Å²) in [5.74, 6) is -0.746. The van der Waals surface area contributed by atoms with Gasteiger partial charge in [0.25, 0.3) is 0 Å². The van der Waals surface area contributed by atoms with Gasteiger partial charge in [-0.15, -0.1) is 13.2 Å². The topological polar surface area (TPSA) is 64.4 Å². The van der Waals surface area contributed by atoms with Crippen molar-refractivity contribution in [3.05, 3.63) is 29.8 Å². The van der Waals surface area contributed by atoms with Crippen molar-refractivity contribution in [3.63, 3.8) is 0 Å². The van der Waals surface area contributed by atoms with Crippen LogP contribution in [0.25, 0.3) is 0 Å². The SMILES string of the molecule is CC[C@@H](N)C(=O)NCc1ccccc1OC(F)(F)F. The summed E-state index contributed by atoms with van der Waals surface area (Å²) in [5, 5.41) is 2.46. The van der Waals surface area contributed by atoms with Crippen molar-refractivity contribution in [1.82, 2.24) is 5.32 Å². The van der Waals surface area contributed by atoms with Crippen molar-refractivity contribution in [2.45, 2.75) is 32.3 Å². The molecule has 0 unspecified atom stereocenters. The van der Waals surface area contributed by atoms with Crippen LogP contribution >= 0.6 is 0 Å². The van der Waals surface area contributed by atoms with Gasteiger partial charge >= 0.3 is 6.36 Å². The van der Waals surface area contributed by atoms with Gasteiger partial charge in [0, 0.05) is 12.1 Å². The zero-order valence-electron chi connectivity index (χ0n) is 10.3. The summed E-state index contributed by atoms with van der Waals surface area (Å²) >= 11 is 0. The lowest BCUT2D eigenvalue weighted by Gasteiger charge is -2.14. The van der Waals surface area contributed by atoms with Gasteiger partial charge in [0.1, 0.15) is 5.75 Å². The van der Waals surface area contributed by atoms with Gasteiger partial charge in [-0.05, 0) is 12.5 Å². The fourth-order valence-corrected chi connectivity index (χ4v) is 1.37. The number of hydrogen-bond acceptors (Lipinski definition) is 3. The molecule has 0 heterocycles. The van der Waals surface area contributed by atoms with Crippen molar-refractivity contribution in [3.8, 4) is 5.75 Å². The van der Waals surface area contributed by atoms with Crippen LogP contribution < -0.4 is 15.8 Å². The van der Waals surface area contributed by atoms with Crippen LogP contribution in [-0.4, -0.2) is 18.3 Å². The Morgan fingerprint density at radius 1 is 1.42 bits per heavy atom. The molecule has 0 spiro atoms. The maximum Gasteiger partial charge on any atom is 0.573 e. The van der Waals surface area contributed by atoms with Crippen LogP contribution in [0.2, 0.25) is 0 Å². The van der Waals surface area contributed by atoms with Crippen molar-refractivity contribution < 1.29 is 22.7 Å². The smallest absolute Gasteiger partial charge is 0.405 e. The molecule has 19 heavy (non-hydrogen) atoms. The van der Waals surface area contributed by atoms with Gasteiger partial charge in [-0.2, -0.15) is 0 Å². The average Bonchev–Trinajstić information content (AvgIpc) is 2.34. The third-order valence-electron chi connectivity index (χ3n) is 2.43. The predicted octanol–water partition coefficient (Wildman–Crippen LogP) is 1.94. The number of alkyl halides is 3. The van der Waals surface area contributed by atoms with Crippen molar-refractivity contribution in [2.24, 2.45) is 5.73 Å². The summed E-state index contributed by atoms with van der Waals surface area (Å²) in [6.07, 6.45) is -4.31. The van der Waals surface area contributed by atoms with Crippen LogP contribution in [-0.2, 0) is 11.3 Å². The van der Waals surface area contributed by atoms with Gasteiger partial charge in [-0.1, -0.05) is 25.1 Å². The first-order chi connectivity index (χ1) is 8.83. The molecule has 0 aliphatic heterocycles. The van der Waals surface area contributed by atoms with Gasteiger partial charge in [0.05, 0.1) is 6.04 Å². The first-order valence-corrected chi connectivity index (χ1v) is 5.70. The first-order valence-electron chi connectivity index (χ1n) is 5.70. The fourth-order valence-electron chi connectivity index (χ4n) is 1.37. The second-order valence-corrected chi connectivity index (χ2v) is 3.89. The Balaban J connectivity index is 2.71. The summed E-state index contributed by atoms with van der Waals surface area (Å²) in [7, 11) is 0. The Hall–Kier alpha value is -1.76. The van der Waals surface area contributed by atoms with Gasteiger partial charge in [0.2, 0.25) is 5.91 Å². The second-order valence-electron chi connectivity index (χ2n) is 3.89. The molecule has 0 bridgehead atoms. The molecule has 1 aromatic rings. The number of carbonyl (C=O) groups is 1. The van der Waals surface area contributed by atoms with E-state index >= 15 is 0 Å². The normalized spacial score (nSPS) is 12.9. The average molecular weight is 276 g/mol. The molecule has 1 atom stereocenters. The molecule has 0 aliphatic rings. The number of ether oxygens (including phenoxy) is 1. The molecular formula is C12H15F3N2O2. The summed E-state index contributed by atoms with van der Waals surface area (Å²) < 4.78 is 40.4. The number of amides is 1. The summed E-state index contributed by atoms with van der Waals surface area (Å²) in [6, 6.07) is 4.94. The maximum atomic E-state index is 12.2. The molecule has 1 rings (SSSR count). The lowest BCUT2D eigenvalue weighted by Crippen LogP contribution is -2.39. The highest BCUT2D eigenvalue weighted by Gasteiger charge is 2.32. The minimum absolute atomic E-state index is 0.0706. The number of hydrogen-bond donors (Lipinski definition) is 2. The Bertz CT molecular complexity index is 435. The number of para-hydroxylation sites is 1. The van der Waals surface area contributed by atoms with Crippen LogP contribution in [0.4, 0.5) is 13.2 Å². The quantitative estimate of drug-likeness (QED) is 0.863. The van der Waals surface area contributed by atoms with Gasteiger partial charge in [-0.3, -0.25) is 4.79 Å². The van der Waals surface area contributed by atoms with Crippen molar-refractivity contribution in [1.29, 1.82) is 0 Å². The number of benzene rings is 1. The number of nitrogens with two attached hydrogens (primary N) is 1. The largest absolute Gasteiger partial charge is 0.573 e. The summed E-state index contributed by atoms with van der Waals surface area (Å²) in [4.78, 5) is 11.4. The minimum atomic E-state index is -4.76. The Morgan fingerprint density at radius 2 is 2.05 bits per heavy atom. The first kappa shape index (κ1) is 15.3. The molecule has 0 saturated carbocycles. The van der Waals surface area contributed by atoms with Crippen molar-refractivity contribution >= 4 is 5.91 Å². The number of rotatable bonds is 5. The maximum absolute atomic E-state index is 12.2. The van der Waals surface area contributed by atoms with E-state index < -0.39 is 18.3 Å². The highest BCUT2D eigenvalue weighted by Crippen LogP contribution is 2.25. The third kappa shape index (κ3) is 5.17. The number of nitrogens with one attached hydrogen (secondary N) is 1. The molecule has 0 radical (unpaired) electrons. The van der Waals surface area contributed by atoms with E-state index in [1.807, 2.05) is 0 Å². The van der Waals surface area contributed by atoms with E-state index in [0.29, 0.717) is 6.42 Å². The zero-order valence-corrected chi connectivity index (χ0v) is 10.3. The van der Waals surface area contributed by atoms with Crippen LogP contribution in [0.15, 0.2) is 24.3 Å². The van der Waals surface area contributed by atoms with Crippen molar-refractivity contribution in [2.75, 3.05) is 0 Å². The van der Waals surface area contributed by atoms with E-state index in [0.717, 1.165) is 0 Å². The molecule has 1 amide bonds. The highest BCUT2D eigenvalue weighted by atomic mass is 19.4. The molecule has 0 aliphatic carbocycles. The van der Waals surface area contributed by atoms with Gasteiger partial charge in [0.15, 0.2) is 0 Å². The molecule has 0 saturated heterocycles. The molecule has 0 fully saturated rings. The van der Waals surface area contributed by atoms with Crippen LogP contribution in [0.3, 0.4) is 0 Å². The van der Waals surface area contributed by atoms with E-state index in [9.17, 15) is 18.0 Å². The minimum Gasteiger partial charge on any atom is -0.405 e. The van der Waals surface area contributed by atoms with E-state index in [4.69, 9.17) is 5.73 Å². The molecular weight excluding hydrogens is 261 g/mol. The van der Waals surface area contributed by atoms with E-state index in [-0.39, 0.29) is 17.9 Å². The molecule has 0 aromatic heterocycles. The monoisotopic (exact) mass is 276 g/mol. The van der Waals surface area contributed by atoms with Gasteiger partial charge in [-0.25, -0.2) is 0 Å². The molecule has 106 valence electrons. The van der Waals surface area contributed by atoms with Crippen LogP contribution in [0, 0.1) is 0 Å². The lowest BCUT2D eigenvalue weighted by molar-refractivity contribution is -0.274. The highest BCUT2D eigenvalue weighted by molar-refractivity contribution is 5.81. The molecule has 3 N–H and O–H groups in total. The van der Waals surface area contributed by atoms with Gasteiger partial charge < -0.3 is 15.8 Å². The number of halogens is 3. The Morgan fingerprint density at radius 3 is 2.63 bits per heavy atom. The van der Waals surface area contributed by atoms with E-state index in [2.05, 4.69) is 10.1 Å². The number of carbonyl (C=O) groups excluding carboxylic acids is 1.